The molecule has 0 atom stereocenters. The number of hydrogen-bond donors (Lipinski definition) is 3. The third-order valence-corrected chi connectivity index (χ3v) is 2.15. The molecule has 0 saturated carbocycles. The molecular weight excluding hydrogens is 249 g/mol. The highest BCUT2D eigenvalue weighted by atomic mass is 32.1. The number of hydrogen-bond acceptors (Lipinski definition) is 3. The van der Waals surface area contributed by atoms with E-state index in [4.69, 9.17) is 10.2 Å². The quantitative estimate of drug-likeness (QED) is 0.554. The van der Waals surface area contributed by atoms with Crippen LogP contribution in [0.2, 0.25) is 0 Å². The highest BCUT2D eigenvalue weighted by Gasteiger charge is 2.30. The van der Waals surface area contributed by atoms with E-state index in [1.165, 1.54) is 0 Å². The van der Waals surface area contributed by atoms with Crippen LogP contribution in [-0.2, 0) is 0 Å². The van der Waals surface area contributed by atoms with Gasteiger partial charge in [-0.1, -0.05) is 0 Å². The van der Waals surface area contributed by atoms with Crippen molar-refractivity contribution in [2.75, 3.05) is 0 Å². The second-order valence-corrected chi connectivity index (χ2v) is 3.10. The van der Waals surface area contributed by atoms with Crippen LogP contribution in [0.1, 0.15) is 20.7 Å². The minimum absolute atomic E-state index is 1.07. The molecular formula is C8H3F3O4S. The molecule has 0 spiro atoms. The third kappa shape index (κ3) is 1.71. The second kappa shape index (κ2) is 4.05. The van der Waals surface area contributed by atoms with E-state index in [0.717, 1.165) is 0 Å². The molecule has 2 N–H and O–H groups in total. The van der Waals surface area contributed by atoms with Gasteiger partial charge in [0.1, 0.15) is 5.56 Å². The largest absolute Gasteiger partial charge is 0.478 e. The number of benzene rings is 1. The van der Waals surface area contributed by atoms with Crippen molar-refractivity contribution in [3.05, 3.63) is 28.6 Å². The van der Waals surface area contributed by atoms with E-state index < -0.39 is 45.4 Å². The van der Waals surface area contributed by atoms with Crippen molar-refractivity contribution in [3.63, 3.8) is 0 Å². The van der Waals surface area contributed by atoms with Crippen LogP contribution in [0.3, 0.4) is 0 Å². The monoisotopic (exact) mass is 252 g/mol. The maximum atomic E-state index is 13.0. The van der Waals surface area contributed by atoms with E-state index in [-0.39, 0.29) is 0 Å². The maximum Gasteiger partial charge on any atom is 0.339 e. The minimum atomic E-state index is -2.08. The average molecular weight is 252 g/mol. The molecule has 86 valence electrons. The molecule has 16 heavy (non-hydrogen) atoms. The molecule has 4 nitrogen and oxygen atoms in total. The maximum absolute atomic E-state index is 13.0. The molecule has 0 saturated heterocycles. The van der Waals surface area contributed by atoms with Crippen molar-refractivity contribution in [2.45, 2.75) is 4.90 Å². The van der Waals surface area contributed by atoms with Crippen molar-refractivity contribution in [2.24, 2.45) is 0 Å². The van der Waals surface area contributed by atoms with Crippen LogP contribution in [-0.4, -0.2) is 22.2 Å². The molecule has 0 aromatic heterocycles. The summed E-state index contributed by atoms with van der Waals surface area (Å²) in [5.41, 5.74) is -2.69. The van der Waals surface area contributed by atoms with Gasteiger partial charge in [0.25, 0.3) is 0 Å². The molecule has 8 heteroatoms. The Kier molecular flexibility index (Phi) is 3.13. The SMILES string of the molecule is O=C(O)c1c(F)c(F)c(F)c(S)c1C(=O)O. The number of thiol groups is 1. The van der Waals surface area contributed by atoms with E-state index in [1.54, 1.807) is 0 Å². The van der Waals surface area contributed by atoms with Gasteiger partial charge in [-0.15, -0.1) is 12.6 Å². The molecule has 1 aromatic rings. The van der Waals surface area contributed by atoms with Crippen molar-refractivity contribution in [1.29, 1.82) is 0 Å². The van der Waals surface area contributed by atoms with Gasteiger partial charge in [0.05, 0.1) is 10.5 Å². The molecule has 0 fully saturated rings. The van der Waals surface area contributed by atoms with Crippen LogP contribution < -0.4 is 0 Å². The fourth-order valence-corrected chi connectivity index (χ4v) is 1.36. The number of halogens is 3. The summed E-state index contributed by atoms with van der Waals surface area (Å²) in [6.07, 6.45) is 0. The Bertz CT molecular complexity index is 456. The van der Waals surface area contributed by atoms with Gasteiger partial charge in [0.15, 0.2) is 17.5 Å². The van der Waals surface area contributed by atoms with Gasteiger partial charge >= 0.3 is 11.9 Å². The zero-order chi connectivity index (χ0) is 12.6. The summed E-state index contributed by atoms with van der Waals surface area (Å²) >= 11 is 3.31. The number of carbonyl (C=O) groups is 2. The van der Waals surface area contributed by atoms with Crippen molar-refractivity contribution in [3.8, 4) is 0 Å². The van der Waals surface area contributed by atoms with Crippen molar-refractivity contribution < 1.29 is 33.0 Å². The molecule has 1 rings (SSSR count). The fourth-order valence-electron chi connectivity index (χ4n) is 1.06. The number of rotatable bonds is 2. The summed E-state index contributed by atoms with van der Waals surface area (Å²) < 4.78 is 38.7. The van der Waals surface area contributed by atoms with E-state index >= 15 is 0 Å². The molecule has 0 heterocycles. The highest BCUT2D eigenvalue weighted by Crippen LogP contribution is 2.28. The molecule has 0 bridgehead atoms. The lowest BCUT2D eigenvalue weighted by atomic mass is 10.1. The predicted molar refractivity (Wildman–Crippen MR) is 47.5 cm³/mol. The van der Waals surface area contributed by atoms with Crippen LogP contribution in [0, 0.1) is 17.5 Å². The Hall–Kier alpha value is -1.70. The standard InChI is InChI=1S/C8H3F3O4S/c9-3-1(7(12)13)2(8(14)15)6(16)5(11)4(3)10/h16H,(H,12,13)(H,14,15). The molecule has 0 aliphatic carbocycles. The Morgan fingerprint density at radius 2 is 1.31 bits per heavy atom. The molecule has 0 unspecified atom stereocenters. The summed E-state index contributed by atoms with van der Waals surface area (Å²) in [6, 6.07) is 0. The van der Waals surface area contributed by atoms with Crippen LogP contribution in [0.5, 0.6) is 0 Å². The summed E-state index contributed by atoms with van der Waals surface area (Å²) in [5, 5.41) is 17.1. The van der Waals surface area contributed by atoms with Gasteiger partial charge in [-0.25, -0.2) is 22.8 Å². The van der Waals surface area contributed by atoms with E-state index in [0.29, 0.717) is 0 Å². The second-order valence-electron chi connectivity index (χ2n) is 2.65. The zero-order valence-electron chi connectivity index (χ0n) is 7.29. The fraction of sp³-hybridized carbons (Fsp3) is 0. The first-order chi connectivity index (χ1) is 7.29. The van der Waals surface area contributed by atoms with Crippen LogP contribution in [0.15, 0.2) is 4.90 Å². The molecule has 0 aliphatic heterocycles. The van der Waals surface area contributed by atoms with Crippen LogP contribution in [0.4, 0.5) is 13.2 Å². The van der Waals surface area contributed by atoms with Gasteiger partial charge in [0.2, 0.25) is 0 Å². The topological polar surface area (TPSA) is 74.6 Å². The molecule has 0 radical (unpaired) electrons. The lowest BCUT2D eigenvalue weighted by Crippen LogP contribution is -2.15. The third-order valence-electron chi connectivity index (χ3n) is 1.73. The van der Waals surface area contributed by atoms with Gasteiger partial charge < -0.3 is 10.2 Å². The number of aromatic carboxylic acids is 2. The summed E-state index contributed by atoms with van der Waals surface area (Å²) in [6.45, 7) is 0. The normalized spacial score (nSPS) is 10.2. The smallest absolute Gasteiger partial charge is 0.339 e. The Morgan fingerprint density at radius 1 is 0.875 bits per heavy atom. The van der Waals surface area contributed by atoms with E-state index in [1.807, 2.05) is 0 Å². The van der Waals surface area contributed by atoms with Crippen LogP contribution >= 0.6 is 12.6 Å². The average Bonchev–Trinajstić information content (AvgIpc) is 2.18. The van der Waals surface area contributed by atoms with E-state index in [9.17, 15) is 22.8 Å². The Labute approximate surface area is 91.7 Å². The van der Waals surface area contributed by atoms with Crippen molar-refractivity contribution in [1.82, 2.24) is 0 Å². The van der Waals surface area contributed by atoms with Crippen LogP contribution in [0.25, 0.3) is 0 Å². The van der Waals surface area contributed by atoms with Crippen molar-refractivity contribution >= 4 is 24.6 Å². The minimum Gasteiger partial charge on any atom is -0.478 e. The lowest BCUT2D eigenvalue weighted by Gasteiger charge is -2.08. The Morgan fingerprint density at radius 3 is 1.69 bits per heavy atom. The first-order valence-electron chi connectivity index (χ1n) is 3.65. The summed E-state index contributed by atoms with van der Waals surface area (Å²) in [5.74, 6) is -9.93. The first kappa shape index (κ1) is 12.4. The van der Waals surface area contributed by atoms with Gasteiger partial charge in [-0.2, -0.15) is 0 Å². The van der Waals surface area contributed by atoms with Gasteiger partial charge in [0, 0.05) is 0 Å². The first-order valence-corrected chi connectivity index (χ1v) is 4.09. The molecule has 0 amide bonds. The summed E-state index contributed by atoms with van der Waals surface area (Å²) in [4.78, 5) is 20.1. The number of carboxylic acids is 2. The van der Waals surface area contributed by atoms with Gasteiger partial charge in [-0.05, 0) is 0 Å². The Balaban J connectivity index is 3.83. The van der Waals surface area contributed by atoms with Gasteiger partial charge in [-0.3, -0.25) is 0 Å². The summed E-state index contributed by atoms with van der Waals surface area (Å²) in [7, 11) is 0. The lowest BCUT2D eigenvalue weighted by molar-refractivity contribution is 0.0641. The highest BCUT2D eigenvalue weighted by molar-refractivity contribution is 7.80. The molecule has 1 aromatic carbocycles. The number of carboxylic acid groups (broad SMARTS) is 2. The zero-order valence-corrected chi connectivity index (χ0v) is 8.19. The molecule has 0 aliphatic rings. The predicted octanol–water partition coefficient (Wildman–Crippen LogP) is 1.79. The van der Waals surface area contributed by atoms with E-state index in [2.05, 4.69) is 12.6 Å².